The minimum atomic E-state index is -0.549. The fourth-order valence-electron chi connectivity index (χ4n) is 6.49. The first-order valence-corrected chi connectivity index (χ1v) is 13.1. The second-order valence-electron chi connectivity index (χ2n) is 11.6. The summed E-state index contributed by atoms with van der Waals surface area (Å²) in [7, 11) is 0. The van der Waals surface area contributed by atoms with Gasteiger partial charge in [0.2, 0.25) is 0 Å². The Bertz CT molecular complexity index is 1640. The molecule has 0 unspecified atom stereocenters. The molecule has 3 aromatic heterocycles. The molecule has 8 heteroatoms. The normalized spacial score (nSPS) is 22.4. The van der Waals surface area contributed by atoms with E-state index in [1.54, 1.807) is 0 Å². The molecule has 0 radical (unpaired) electrons. The summed E-state index contributed by atoms with van der Waals surface area (Å²) in [5.74, 6) is 6.94. The molecular weight excluding hydrogens is 476 g/mol. The van der Waals surface area contributed by atoms with Gasteiger partial charge in [0.25, 0.3) is 0 Å². The number of nitrogens with zero attached hydrogens (tertiary/aromatic N) is 4. The minimum absolute atomic E-state index is 0.254. The number of nitrogens with two attached hydrogens (primary N) is 1. The molecule has 0 spiro atoms. The molecule has 8 nitrogen and oxygen atoms in total. The standard InChI is InChI=1S/C30H32N6O2/c1-5-8-22-23(20-15-19-9-6-7-10-21(19)32-16-20)24-25(31)33-18-34-26(24)36(22)30-13-11-29(17-30,12-14-30)35-27(37)38-28(2,3)4/h6-7,9-10,15-16,18H,11-14,17H2,1-4H3,(H,35,37)(H2,31,33,34). The molecule has 0 atom stereocenters. The van der Waals surface area contributed by atoms with Crippen molar-refractivity contribution in [1.82, 2.24) is 24.8 Å². The number of carbonyl (C=O) groups is 1. The van der Waals surface area contributed by atoms with Crippen molar-refractivity contribution in [2.24, 2.45) is 0 Å². The average Bonchev–Trinajstić information content (AvgIpc) is 3.51. The maximum Gasteiger partial charge on any atom is 0.408 e. The number of para-hydroxylation sites is 1. The topological polar surface area (TPSA) is 108 Å². The quantitative estimate of drug-likeness (QED) is 0.352. The number of pyridine rings is 1. The number of aromatic nitrogens is 4. The van der Waals surface area contributed by atoms with Gasteiger partial charge < -0.3 is 20.4 Å². The molecule has 3 heterocycles. The first-order chi connectivity index (χ1) is 18.1. The first-order valence-electron chi connectivity index (χ1n) is 13.1. The molecule has 4 aromatic rings. The molecule has 6 rings (SSSR count). The van der Waals surface area contributed by atoms with E-state index in [-0.39, 0.29) is 17.2 Å². The van der Waals surface area contributed by atoms with Gasteiger partial charge in [-0.05, 0) is 77.9 Å². The van der Waals surface area contributed by atoms with Crippen LogP contribution in [0.25, 0.3) is 33.1 Å². The lowest BCUT2D eigenvalue weighted by molar-refractivity contribution is 0.0458. The number of hydrogen-bond donors (Lipinski definition) is 2. The van der Waals surface area contributed by atoms with Gasteiger partial charge in [-0.2, -0.15) is 0 Å². The number of amides is 1. The lowest BCUT2D eigenvalue weighted by atomic mass is 9.90. The first kappa shape index (κ1) is 24.2. The monoisotopic (exact) mass is 508 g/mol. The highest BCUT2D eigenvalue weighted by molar-refractivity contribution is 6.04. The predicted octanol–water partition coefficient (Wildman–Crippen LogP) is 5.54. The van der Waals surface area contributed by atoms with Gasteiger partial charge in [-0.1, -0.05) is 24.1 Å². The Labute approximate surface area is 222 Å². The van der Waals surface area contributed by atoms with Crippen LogP contribution in [0, 0.1) is 11.8 Å². The van der Waals surface area contributed by atoms with Gasteiger partial charge in [-0.15, -0.1) is 0 Å². The van der Waals surface area contributed by atoms with Crippen molar-refractivity contribution in [3.05, 3.63) is 48.5 Å². The second kappa shape index (κ2) is 8.45. The number of alkyl carbamates (subject to hydrolysis) is 1. The van der Waals surface area contributed by atoms with Crippen molar-refractivity contribution in [2.45, 2.75) is 76.5 Å². The Morgan fingerprint density at radius 2 is 1.89 bits per heavy atom. The molecule has 1 aromatic carbocycles. The molecule has 2 aliphatic carbocycles. The highest BCUT2D eigenvalue weighted by atomic mass is 16.6. The minimum Gasteiger partial charge on any atom is -0.444 e. The Kier molecular flexibility index (Phi) is 5.39. The van der Waals surface area contributed by atoms with Crippen molar-refractivity contribution in [3.8, 4) is 23.0 Å². The molecule has 0 aliphatic heterocycles. The Morgan fingerprint density at radius 3 is 2.63 bits per heavy atom. The maximum atomic E-state index is 12.8. The van der Waals surface area contributed by atoms with Crippen molar-refractivity contribution in [2.75, 3.05) is 5.73 Å². The van der Waals surface area contributed by atoms with Crippen LogP contribution >= 0.6 is 0 Å². The number of rotatable bonds is 3. The zero-order chi connectivity index (χ0) is 26.7. The smallest absolute Gasteiger partial charge is 0.408 e. The van der Waals surface area contributed by atoms with Crippen LogP contribution in [0.1, 0.15) is 65.5 Å². The number of benzene rings is 1. The number of hydrogen-bond acceptors (Lipinski definition) is 6. The van der Waals surface area contributed by atoms with Crippen LogP contribution in [-0.4, -0.2) is 36.8 Å². The summed E-state index contributed by atoms with van der Waals surface area (Å²) < 4.78 is 7.89. The van der Waals surface area contributed by atoms with E-state index in [0.29, 0.717) is 5.82 Å². The molecule has 38 heavy (non-hydrogen) atoms. The second-order valence-corrected chi connectivity index (χ2v) is 11.6. The lowest BCUT2D eigenvalue weighted by Crippen LogP contribution is -2.47. The number of nitrogens with one attached hydrogen (secondary N) is 1. The Balaban J connectivity index is 1.51. The predicted molar refractivity (Wildman–Crippen MR) is 148 cm³/mol. The van der Waals surface area contributed by atoms with Gasteiger partial charge in [0.15, 0.2) is 0 Å². The lowest BCUT2D eigenvalue weighted by Gasteiger charge is -2.31. The van der Waals surface area contributed by atoms with Crippen LogP contribution < -0.4 is 11.1 Å². The highest BCUT2D eigenvalue weighted by Crippen LogP contribution is 2.57. The van der Waals surface area contributed by atoms with Crippen molar-refractivity contribution < 1.29 is 9.53 Å². The number of fused-ring (bicyclic) bond motifs is 4. The van der Waals surface area contributed by atoms with Crippen LogP contribution in [0.3, 0.4) is 0 Å². The molecular formula is C30H32N6O2. The SMILES string of the molecule is CC#Cc1c(-c2cnc3ccccc3c2)c2c(N)ncnc2n1C12CCC(NC(=O)OC(C)(C)C)(CC1)C2. The molecule has 2 aliphatic rings. The van der Waals surface area contributed by atoms with Crippen LogP contribution in [0.4, 0.5) is 10.6 Å². The van der Waals surface area contributed by atoms with Gasteiger partial charge >= 0.3 is 6.09 Å². The molecule has 2 fully saturated rings. The zero-order valence-corrected chi connectivity index (χ0v) is 22.3. The summed E-state index contributed by atoms with van der Waals surface area (Å²) in [5, 5.41) is 5.06. The van der Waals surface area contributed by atoms with E-state index in [1.807, 2.05) is 52.1 Å². The van der Waals surface area contributed by atoms with E-state index in [9.17, 15) is 4.79 Å². The van der Waals surface area contributed by atoms with E-state index < -0.39 is 5.60 Å². The van der Waals surface area contributed by atoms with Crippen molar-refractivity contribution in [1.29, 1.82) is 0 Å². The summed E-state index contributed by atoms with van der Waals surface area (Å²) in [6, 6.07) is 10.2. The van der Waals surface area contributed by atoms with Gasteiger partial charge in [0.1, 0.15) is 29.1 Å². The highest BCUT2D eigenvalue weighted by Gasteiger charge is 2.57. The maximum absolute atomic E-state index is 12.8. The molecule has 2 saturated carbocycles. The third-order valence-corrected chi connectivity index (χ3v) is 7.95. The Hall–Kier alpha value is -4.12. The van der Waals surface area contributed by atoms with Crippen LogP contribution in [0.2, 0.25) is 0 Å². The molecule has 0 saturated heterocycles. The average molecular weight is 509 g/mol. The third kappa shape index (κ3) is 3.85. The summed E-state index contributed by atoms with van der Waals surface area (Å²) in [4.78, 5) is 26.6. The molecule has 1 amide bonds. The molecule has 2 bridgehead atoms. The largest absolute Gasteiger partial charge is 0.444 e. The van der Waals surface area contributed by atoms with Crippen molar-refractivity contribution in [3.63, 3.8) is 0 Å². The van der Waals surface area contributed by atoms with Gasteiger partial charge in [-0.25, -0.2) is 14.8 Å². The van der Waals surface area contributed by atoms with Crippen LogP contribution in [0.15, 0.2) is 42.9 Å². The summed E-state index contributed by atoms with van der Waals surface area (Å²) in [6.45, 7) is 7.49. The van der Waals surface area contributed by atoms with E-state index >= 15 is 0 Å². The van der Waals surface area contributed by atoms with Gasteiger partial charge in [0, 0.05) is 33.8 Å². The summed E-state index contributed by atoms with van der Waals surface area (Å²) >= 11 is 0. The van der Waals surface area contributed by atoms with Crippen LogP contribution in [0.5, 0.6) is 0 Å². The van der Waals surface area contributed by atoms with Crippen LogP contribution in [-0.2, 0) is 10.3 Å². The summed E-state index contributed by atoms with van der Waals surface area (Å²) in [5.41, 5.74) is 9.80. The number of anilines is 1. The van der Waals surface area contributed by atoms with E-state index in [1.165, 1.54) is 6.33 Å². The number of ether oxygens (including phenoxy) is 1. The fourth-order valence-corrected chi connectivity index (χ4v) is 6.49. The molecule has 3 N–H and O–H groups in total. The van der Waals surface area contributed by atoms with E-state index in [2.05, 4.69) is 38.8 Å². The summed E-state index contributed by atoms with van der Waals surface area (Å²) in [6.07, 6.45) is 7.32. The fraction of sp³-hybridized carbons (Fsp3) is 0.400. The number of nitrogen functional groups attached to an aromatic ring is 1. The number of carbonyl (C=O) groups excluding carboxylic acids is 1. The van der Waals surface area contributed by atoms with E-state index in [0.717, 1.165) is 70.9 Å². The van der Waals surface area contributed by atoms with Gasteiger partial charge in [0.05, 0.1) is 10.9 Å². The molecule has 194 valence electrons. The van der Waals surface area contributed by atoms with E-state index in [4.69, 9.17) is 20.4 Å². The zero-order valence-electron chi connectivity index (χ0n) is 22.3. The van der Waals surface area contributed by atoms with Crippen molar-refractivity contribution >= 4 is 33.8 Å². The third-order valence-electron chi connectivity index (χ3n) is 7.95. The van der Waals surface area contributed by atoms with Gasteiger partial charge in [-0.3, -0.25) is 4.98 Å². The Morgan fingerprint density at radius 1 is 1.13 bits per heavy atom.